The van der Waals surface area contributed by atoms with Gasteiger partial charge in [-0.3, -0.25) is 9.59 Å². The zero-order valence-electron chi connectivity index (χ0n) is 13.3. The molecule has 0 spiro atoms. The molecular formula is C17H25NO4. The summed E-state index contributed by atoms with van der Waals surface area (Å²) in [5.74, 6) is -1.04. The molecule has 0 aliphatic heterocycles. The minimum atomic E-state index is -0.874. The van der Waals surface area contributed by atoms with Gasteiger partial charge >= 0.3 is 5.97 Å². The van der Waals surface area contributed by atoms with Crippen LogP contribution in [0, 0.1) is 5.41 Å². The van der Waals surface area contributed by atoms with E-state index in [1.165, 1.54) is 0 Å². The number of nitrogens with one attached hydrogen (secondary N) is 1. The average molecular weight is 307 g/mol. The number of hydrogen-bond donors (Lipinski definition) is 2. The molecule has 0 unspecified atom stereocenters. The molecule has 0 saturated carbocycles. The van der Waals surface area contributed by atoms with E-state index in [1.807, 2.05) is 44.2 Å². The molecule has 5 heteroatoms. The van der Waals surface area contributed by atoms with Crippen LogP contribution in [0.15, 0.2) is 30.3 Å². The van der Waals surface area contributed by atoms with Gasteiger partial charge in [0.1, 0.15) is 0 Å². The molecule has 0 fully saturated rings. The Hall–Kier alpha value is -1.88. The van der Waals surface area contributed by atoms with Crippen LogP contribution in [0.4, 0.5) is 0 Å². The van der Waals surface area contributed by atoms with Crippen molar-refractivity contribution < 1.29 is 19.4 Å². The molecule has 0 aliphatic rings. The van der Waals surface area contributed by atoms with Gasteiger partial charge in [-0.15, -0.1) is 0 Å². The van der Waals surface area contributed by atoms with Gasteiger partial charge in [-0.25, -0.2) is 0 Å². The number of aliphatic carboxylic acids is 1. The van der Waals surface area contributed by atoms with Crippen molar-refractivity contribution in [3.05, 3.63) is 35.9 Å². The second-order valence-corrected chi connectivity index (χ2v) is 5.36. The fraction of sp³-hybridized carbons (Fsp3) is 0.529. The Balaban J connectivity index is 2.27. The van der Waals surface area contributed by atoms with E-state index in [0.717, 1.165) is 5.56 Å². The van der Waals surface area contributed by atoms with Gasteiger partial charge in [0.2, 0.25) is 5.91 Å². The van der Waals surface area contributed by atoms with Crippen LogP contribution in [0.2, 0.25) is 0 Å². The van der Waals surface area contributed by atoms with Crippen LogP contribution in [-0.4, -0.2) is 30.1 Å². The van der Waals surface area contributed by atoms with E-state index in [1.54, 1.807) is 0 Å². The first-order valence-electron chi connectivity index (χ1n) is 7.66. The van der Waals surface area contributed by atoms with E-state index in [-0.39, 0.29) is 18.9 Å². The van der Waals surface area contributed by atoms with E-state index < -0.39 is 11.4 Å². The zero-order chi connectivity index (χ0) is 16.4. The van der Waals surface area contributed by atoms with Gasteiger partial charge in [-0.1, -0.05) is 44.2 Å². The third-order valence-corrected chi connectivity index (χ3v) is 4.02. The molecule has 0 atom stereocenters. The zero-order valence-corrected chi connectivity index (χ0v) is 13.3. The van der Waals surface area contributed by atoms with Crippen LogP contribution >= 0.6 is 0 Å². The van der Waals surface area contributed by atoms with Gasteiger partial charge in [0.25, 0.3) is 0 Å². The van der Waals surface area contributed by atoms with Crippen LogP contribution < -0.4 is 5.32 Å². The third-order valence-electron chi connectivity index (χ3n) is 4.02. The minimum absolute atomic E-state index is 0.160. The van der Waals surface area contributed by atoms with Gasteiger partial charge in [0.05, 0.1) is 18.6 Å². The summed E-state index contributed by atoms with van der Waals surface area (Å²) in [6, 6.07) is 9.74. The van der Waals surface area contributed by atoms with Crippen molar-refractivity contribution in [2.75, 3.05) is 13.2 Å². The Morgan fingerprint density at radius 2 is 1.82 bits per heavy atom. The Morgan fingerprint density at radius 1 is 1.18 bits per heavy atom. The number of benzene rings is 1. The molecule has 122 valence electrons. The average Bonchev–Trinajstić information content (AvgIpc) is 2.54. The summed E-state index contributed by atoms with van der Waals surface area (Å²) >= 11 is 0. The highest BCUT2D eigenvalue weighted by atomic mass is 16.5. The molecule has 1 amide bonds. The van der Waals surface area contributed by atoms with E-state index >= 15 is 0 Å². The van der Waals surface area contributed by atoms with E-state index in [0.29, 0.717) is 26.1 Å². The van der Waals surface area contributed by atoms with Gasteiger partial charge < -0.3 is 15.2 Å². The van der Waals surface area contributed by atoms with Gasteiger partial charge in [0.15, 0.2) is 0 Å². The Labute approximate surface area is 131 Å². The number of amides is 1. The van der Waals surface area contributed by atoms with Crippen molar-refractivity contribution in [1.29, 1.82) is 0 Å². The molecule has 0 heterocycles. The summed E-state index contributed by atoms with van der Waals surface area (Å²) in [5.41, 5.74) is 0.186. The Bertz CT molecular complexity index is 469. The predicted octanol–water partition coefficient (Wildman–Crippen LogP) is 2.60. The topological polar surface area (TPSA) is 75.6 Å². The number of hydrogen-bond acceptors (Lipinski definition) is 3. The molecule has 2 N–H and O–H groups in total. The van der Waals surface area contributed by atoms with Crippen LogP contribution in [0.1, 0.15) is 38.7 Å². The lowest BCUT2D eigenvalue weighted by atomic mass is 9.82. The summed E-state index contributed by atoms with van der Waals surface area (Å²) in [6.45, 7) is 4.60. The molecule has 22 heavy (non-hydrogen) atoms. The summed E-state index contributed by atoms with van der Waals surface area (Å²) in [7, 11) is 0. The molecule has 0 aromatic heterocycles. The van der Waals surface area contributed by atoms with Crippen molar-refractivity contribution in [1.82, 2.24) is 5.32 Å². The molecule has 0 aliphatic carbocycles. The van der Waals surface area contributed by atoms with E-state index in [2.05, 4.69) is 5.32 Å². The van der Waals surface area contributed by atoms with Crippen molar-refractivity contribution in [3.8, 4) is 0 Å². The fourth-order valence-electron chi connectivity index (χ4n) is 2.16. The van der Waals surface area contributed by atoms with Crippen molar-refractivity contribution >= 4 is 11.9 Å². The highest BCUT2D eigenvalue weighted by Gasteiger charge is 2.34. The maximum Gasteiger partial charge on any atom is 0.311 e. The lowest BCUT2D eigenvalue weighted by Gasteiger charge is -2.26. The second kappa shape index (κ2) is 9.20. The van der Waals surface area contributed by atoms with Crippen LogP contribution in [0.3, 0.4) is 0 Å². The molecular weight excluding hydrogens is 282 g/mol. The lowest BCUT2D eigenvalue weighted by molar-refractivity contribution is -0.149. The summed E-state index contributed by atoms with van der Waals surface area (Å²) in [5, 5.41) is 12.0. The molecule has 0 radical (unpaired) electrons. The van der Waals surface area contributed by atoms with Crippen molar-refractivity contribution in [3.63, 3.8) is 0 Å². The van der Waals surface area contributed by atoms with Crippen LogP contribution in [-0.2, 0) is 20.9 Å². The second-order valence-electron chi connectivity index (χ2n) is 5.36. The standard InChI is InChI=1S/C17H25NO4/c1-3-17(4-2,16(20)21)13-18-15(19)10-11-22-12-14-8-6-5-7-9-14/h5-9H,3-4,10-13H2,1-2H3,(H,18,19)(H,20,21). The van der Waals surface area contributed by atoms with Crippen LogP contribution in [0.25, 0.3) is 0 Å². The Kier molecular flexibility index (Phi) is 7.60. The monoisotopic (exact) mass is 307 g/mol. The number of carbonyl (C=O) groups is 2. The highest BCUT2D eigenvalue weighted by molar-refractivity contribution is 5.79. The minimum Gasteiger partial charge on any atom is -0.481 e. The number of carboxylic acids is 1. The number of carbonyl (C=O) groups excluding carboxylic acids is 1. The van der Waals surface area contributed by atoms with Crippen LogP contribution in [0.5, 0.6) is 0 Å². The smallest absolute Gasteiger partial charge is 0.311 e. The first-order valence-corrected chi connectivity index (χ1v) is 7.66. The number of carboxylic acid groups (broad SMARTS) is 1. The van der Waals surface area contributed by atoms with Gasteiger partial charge in [-0.2, -0.15) is 0 Å². The normalized spacial score (nSPS) is 11.2. The Morgan fingerprint density at radius 3 is 2.36 bits per heavy atom. The summed E-state index contributed by atoms with van der Waals surface area (Å²) in [4.78, 5) is 23.1. The lowest BCUT2D eigenvalue weighted by Crippen LogP contribution is -2.42. The van der Waals surface area contributed by atoms with Crippen molar-refractivity contribution in [2.45, 2.75) is 39.7 Å². The van der Waals surface area contributed by atoms with E-state index in [9.17, 15) is 14.7 Å². The van der Waals surface area contributed by atoms with E-state index in [4.69, 9.17) is 4.74 Å². The first kappa shape index (κ1) is 18.2. The van der Waals surface area contributed by atoms with Crippen molar-refractivity contribution in [2.24, 2.45) is 5.41 Å². The fourth-order valence-corrected chi connectivity index (χ4v) is 2.16. The highest BCUT2D eigenvalue weighted by Crippen LogP contribution is 2.25. The maximum atomic E-state index is 11.8. The molecule has 5 nitrogen and oxygen atoms in total. The number of rotatable bonds is 10. The third kappa shape index (κ3) is 5.48. The molecule has 1 rings (SSSR count). The largest absolute Gasteiger partial charge is 0.481 e. The predicted molar refractivity (Wildman–Crippen MR) is 84.4 cm³/mol. The van der Waals surface area contributed by atoms with Gasteiger partial charge in [-0.05, 0) is 18.4 Å². The molecule has 0 bridgehead atoms. The maximum absolute atomic E-state index is 11.8. The summed E-state index contributed by atoms with van der Waals surface area (Å²) in [6.07, 6.45) is 1.21. The van der Waals surface area contributed by atoms with Gasteiger partial charge in [0, 0.05) is 13.0 Å². The molecule has 1 aromatic rings. The molecule has 0 saturated heterocycles. The first-order chi connectivity index (χ1) is 10.5. The quantitative estimate of drug-likeness (QED) is 0.652. The SMILES string of the molecule is CCC(CC)(CNC(=O)CCOCc1ccccc1)C(=O)O. The summed E-state index contributed by atoms with van der Waals surface area (Å²) < 4.78 is 5.45. The molecule has 1 aromatic carbocycles. The number of ether oxygens (including phenoxy) is 1.